The van der Waals surface area contributed by atoms with Crippen LogP contribution in [0.2, 0.25) is 0 Å². The first-order valence-corrected chi connectivity index (χ1v) is 16.3. The Morgan fingerprint density at radius 1 is 0.822 bits per heavy atom. The van der Waals surface area contributed by atoms with Gasteiger partial charge in [0.15, 0.2) is 0 Å². The Labute approximate surface area is 265 Å². The van der Waals surface area contributed by atoms with Gasteiger partial charge in [-0.05, 0) is 88.7 Å². The molecule has 0 aliphatic carbocycles. The lowest BCUT2D eigenvalue weighted by molar-refractivity contribution is 0.208. The molecule has 0 unspecified atom stereocenters. The average molecular weight is 629 g/mol. The molecular formula is C33H40N8O3S. The van der Waals surface area contributed by atoms with E-state index < -0.39 is 15.6 Å². The molecule has 1 saturated heterocycles. The molecule has 0 bridgehead atoms. The van der Waals surface area contributed by atoms with Crippen LogP contribution in [0.4, 0.5) is 39.3 Å². The summed E-state index contributed by atoms with van der Waals surface area (Å²) in [5.74, 6) is 0.967. The number of benzene rings is 3. The van der Waals surface area contributed by atoms with E-state index in [0.29, 0.717) is 30.5 Å². The molecule has 0 spiro atoms. The van der Waals surface area contributed by atoms with E-state index in [9.17, 15) is 13.2 Å². The number of hydrogen-bond acceptors (Lipinski definition) is 8. The summed E-state index contributed by atoms with van der Waals surface area (Å²) in [5.41, 5.74) is 4.57. The summed E-state index contributed by atoms with van der Waals surface area (Å²) in [5, 5.41) is 9.50. The second-order valence-electron chi connectivity index (χ2n) is 12.1. The summed E-state index contributed by atoms with van der Waals surface area (Å²) in [6.45, 7) is 12.0. The second-order valence-corrected chi connectivity index (χ2v) is 13.8. The van der Waals surface area contributed by atoms with Crippen LogP contribution in [0.25, 0.3) is 0 Å². The fourth-order valence-electron chi connectivity index (χ4n) is 4.93. The maximum atomic E-state index is 12.8. The Hall–Kier alpha value is -4.68. The van der Waals surface area contributed by atoms with Gasteiger partial charge in [-0.25, -0.2) is 22.9 Å². The highest BCUT2D eigenvalue weighted by molar-refractivity contribution is 7.89. The van der Waals surface area contributed by atoms with Crippen LogP contribution in [0.1, 0.15) is 31.9 Å². The van der Waals surface area contributed by atoms with Crippen molar-refractivity contribution in [3.63, 3.8) is 0 Å². The highest BCUT2D eigenvalue weighted by Crippen LogP contribution is 2.25. The number of rotatable bonds is 8. The number of aromatic nitrogens is 2. The number of piperazine rings is 1. The number of aryl methyl sites for hydroxylation is 2. The molecule has 0 atom stereocenters. The zero-order valence-corrected chi connectivity index (χ0v) is 27.1. The van der Waals surface area contributed by atoms with E-state index >= 15 is 0 Å². The van der Waals surface area contributed by atoms with Crippen molar-refractivity contribution in [3.05, 3.63) is 90.1 Å². The van der Waals surface area contributed by atoms with Gasteiger partial charge in [0.25, 0.3) is 0 Å². The molecular weight excluding hydrogens is 588 g/mol. The van der Waals surface area contributed by atoms with Crippen LogP contribution in [0.5, 0.6) is 0 Å². The molecule has 11 nitrogen and oxygen atoms in total. The van der Waals surface area contributed by atoms with E-state index in [-0.39, 0.29) is 10.9 Å². The van der Waals surface area contributed by atoms with Gasteiger partial charge < -0.3 is 25.8 Å². The molecule has 1 fully saturated rings. The number of hydrogen-bond donors (Lipinski definition) is 4. The van der Waals surface area contributed by atoms with Crippen LogP contribution in [0.3, 0.4) is 0 Å². The Bertz CT molecular complexity index is 1760. The molecule has 1 aromatic heterocycles. The topological polar surface area (TPSA) is 132 Å². The van der Waals surface area contributed by atoms with Crippen LogP contribution in [-0.2, 0) is 10.0 Å². The van der Waals surface area contributed by atoms with Crippen molar-refractivity contribution >= 4 is 50.6 Å². The molecule has 0 radical (unpaired) electrons. The minimum atomic E-state index is -3.68. The summed E-state index contributed by atoms with van der Waals surface area (Å²) < 4.78 is 28.3. The molecule has 1 aliphatic rings. The van der Waals surface area contributed by atoms with Gasteiger partial charge in [0.2, 0.25) is 16.0 Å². The molecule has 1 aliphatic heterocycles. The first-order chi connectivity index (χ1) is 21.4. The normalized spacial score (nSPS) is 13.8. The maximum absolute atomic E-state index is 12.8. The first kappa shape index (κ1) is 31.7. The maximum Gasteiger partial charge on any atom is 0.321 e. The molecule has 4 N–H and O–H groups in total. The smallest absolute Gasteiger partial charge is 0.321 e. The third-order valence-corrected chi connectivity index (χ3v) is 9.02. The minimum Gasteiger partial charge on any atom is -0.368 e. The predicted octanol–water partition coefficient (Wildman–Crippen LogP) is 6.01. The number of anilines is 6. The van der Waals surface area contributed by atoms with E-state index in [2.05, 4.69) is 35.5 Å². The first-order valence-electron chi connectivity index (χ1n) is 14.8. The zero-order chi connectivity index (χ0) is 32.2. The fraction of sp³-hybridized carbons (Fsp3) is 0.303. The fourth-order valence-corrected chi connectivity index (χ4v) is 6.39. The molecule has 5 rings (SSSR count). The Morgan fingerprint density at radius 2 is 1.53 bits per heavy atom. The van der Waals surface area contributed by atoms with E-state index in [4.69, 9.17) is 0 Å². The lowest BCUT2D eigenvalue weighted by Gasteiger charge is -2.36. The molecule has 3 aromatic carbocycles. The number of nitrogens with zero attached hydrogens (tertiary/aromatic N) is 4. The van der Waals surface area contributed by atoms with Gasteiger partial charge in [0, 0.05) is 66.2 Å². The third-order valence-electron chi connectivity index (χ3n) is 7.26. The lowest BCUT2D eigenvalue weighted by atomic mass is 10.1. The molecule has 4 aromatic rings. The number of nitrogens with one attached hydrogen (secondary N) is 4. The van der Waals surface area contributed by atoms with Crippen LogP contribution >= 0.6 is 0 Å². The van der Waals surface area contributed by atoms with E-state index in [1.54, 1.807) is 51.2 Å². The highest BCUT2D eigenvalue weighted by Gasteiger charge is 2.23. The van der Waals surface area contributed by atoms with Crippen LogP contribution in [0, 0.1) is 13.8 Å². The van der Waals surface area contributed by atoms with Crippen molar-refractivity contribution in [1.82, 2.24) is 19.6 Å². The molecule has 236 valence electrons. The number of carbonyl (C=O) groups is 1. The SMILES string of the molecule is Cc1ccccc1NC(=O)N1CCN(c2ccc(Nc3ncc(C)c(Nc4cccc(S(=O)(=O)NC(C)(C)C)c4)n3)cc2)CC1. The number of urea groups is 1. The van der Waals surface area contributed by atoms with Gasteiger partial charge >= 0.3 is 6.03 Å². The van der Waals surface area contributed by atoms with Crippen molar-refractivity contribution in [2.75, 3.05) is 47.0 Å². The van der Waals surface area contributed by atoms with Crippen molar-refractivity contribution in [2.45, 2.75) is 45.1 Å². The minimum absolute atomic E-state index is 0.0780. The van der Waals surface area contributed by atoms with Crippen molar-refractivity contribution in [1.29, 1.82) is 0 Å². The molecule has 2 heterocycles. The number of sulfonamides is 1. The summed E-state index contributed by atoms with van der Waals surface area (Å²) in [6.07, 6.45) is 1.71. The van der Waals surface area contributed by atoms with Crippen molar-refractivity contribution in [2.24, 2.45) is 0 Å². The molecule has 45 heavy (non-hydrogen) atoms. The summed E-state index contributed by atoms with van der Waals surface area (Å²) in [6, 6.07) is 22.3. The summed E-state index contributed by atoms with van der Waals surface area (Å²) in [7, 11) is -3.68. The van der Waals surface area contributed by atoms with E-state index in [1.165, 1.54) is 0 Å². The van der Waals surface area contributed by atoms with Gasteiger partial charge in [-0.15, -0.1) is 0 Å². The van der Waals surface area contributed by atoms with Gasteiger partial charge in [-0.3, -0.25) is 0 Å². The lowest BCUT2D eigenvalue weighted by Crippen LogP contribution is -2.50. The third kappa shape index (κ3) is 8.28. The monoisotopic (exact) mass is 628 g/mol. The largest absolute Gasteiger partial charge is 0.368 e. The molecule has 12 heteroatoms. The van der Waals surface area contributed by atoms with Crippen LogP contribution in [-0.4, -0.2) is 61.0 Å². The summed E-state index contributed by atoms with van der Waals surface area (Å²) >= 11 is 0. The Morgan fingerprint density at radius 3 is 2.22 bits per heavy atom. The number of amides is 2. The average Bonchev–Trinajstić information content (AvgIpc) is 2.99. The Balaban J connectivity index is 1.19. The molecule has 2 amide bonds. The quantitative estimate of drug-likeness (QED) is 0.187. The van der Waals surface area contributed by atoms with Crippen molar-refractivity contribution in [3.8, 4) is 0 Å². The second kappa shape index (κ2) is 13.1. The van der Waals surface area contributed by atoms with Gasteiger partial charge in [0.1, 0.15) is 5.82 Å². The standard InChI is InChI=1S/C33H40N8O3S/c1-23-9-6-7-12-29(23)37-32(42)41-19-17-40(18-20-41)27-15-13-25(14-16-27)36-31-34-22-24(2)30(38-31)35-26-10-8-11-28(21-26)45(43,44)39-33(3,4)5/h6-16,21-22,39H,17-20H2,1-5H3,(H,37,42)(H2,34,35,36,38). The highest BCUT2D eigenvalue weighted by atomic mass is 32.2. The number of carbonyl (C=O) groups excluding carboxylic acids is 1. The van der Waals surface area contributed by atoms with Crippen molar-refractivity contribution < 1.29 is 13.2 Å². The van der Waals surface area contributed by atoms with E-state index in [0.717, 1.165) is 41.3 Å². The van der Waals surface area contributed by atoms with Crippen LogP contribution in [0.15, 0.2) is 83.9 Å². The van der Waals surface area contributed by atoms with Gasteiger partial charge in [-0.2, -0.15) is 4.98 Å². The van der Waals surface area contributed by atoms with Gasteiger partial charge in [0.05, 0.1) is 4.90 Å². The van der Waals surface area contributed by atoms with Crippen LogP contribution < -0.4 is 25.6 Å². The predicted molar refractivity (Wildman–Crippen MR) is 180 cm³/mol. The Kier molecular flexibility index (Phi) is 9.26. The summed E-state index contributed by atoms with van der Waals surface area (Å²) in [4.78, 5) is 26.1. The number of para-hydroxylation sites is 1. The molecule has 0 saturated carbocycles. The zero-order valence-electron chi connectivity index (χ0n) is 26.3. The van der Waals surface area contributed by atoms with E-state index in [1.807, 2.05) is 67.3 Å². The van der Waals surface area contributed by atoms with Gasteiger partial charge in [-0.1, -0.05) is 24.3 Å².